The van der Waals surface area contributed by atoms with Crippen molar-refractivity contribution in [3.8, 4) is 0 Å². The lowest BCUT2D eigenvalue weighted by molar-refractivity contribution is -0.133. The molecule has 4 heteroatoms. The van der Waals surface area contributed by atoms with Gasteiger partial charge in [0.25, 0.3) is 0 Å². The van der Waals surface area contributed by atoms with Gasteiger partial charge in [0.15, 0.2) is 0 Å². The molecule has 2 saturated heterocycles. The molecule has 0 bridgehead atoms. The third-order valence-electron chi connectivity index (χ3n) is 5.02. The molecule has 0 spiro atoms. The molecule has 2 heterocycles. The van der Waals surface area contributed by atoms with Crippen molar-refractivity contribution in [3.63, 3.8) is 0 Å². The zero-order valence-corrected chi connectivity index (χ0v) is 13.2. The summed E-state index contributed by atoms with van der Waals surface area (Å²) in [5.41, 5.74) is 0.672. The van der Waals surface area contributed by atoms with Crippen LogP contribution in [-0.2, 0) is 4.79 Å². The summed E-state index contributed by atoms with van der Waals surface area (Å²) in [6, 6.07) is 6.79. The van der Waals surface area contributed by atoms with Gasteiger partial charge in [0.2, 0.25) is 5.91 Å². The predicted octanol–water partition coefficient (Wildman–Crippen LogP) is 3.12. The molecular formula is C18H25FN2O. The molecule has 0 radical (unpaired) electrons. The number of carbonyl (C=O) groups is 1. The molecule has 2 aliphatic rings. The van der Waals surface area contributed by atoms with E-state index in [4.69, 9.17) is 0 Å². The second-order valence-corrected chi connectivity index (χ2v) is 6.82. The van der Waals surface area contributed by atoms with E-state index >= 15 is 0 Å². The summed E-state index contributed by atoms with van der Waals surface area (Å²) in [7, 11) is 0. The molecule has 2 atom stereocenters. The Morgan fingerprint density at radius 1 is 1.32 bits per heavy atom. The number of amides is 1. The smallest absolute Gasteiger partial charge is 0.223 e. The summed E-state index contributed by atoms with van der Waals surface area (Å²) in [4.78, 5) is 14.7. The van der Waals surface area contributed by atoms with Crippen LogP contribution in [-0.4, -0.2) is 30.4 Å². The topological polar surface area (TPSA) is 32.3 Å². The SMILES string of the molecule is C[C@H]1C[C@H](c2ccccc2F)N(C(=O)CC2CCNCC2)C1. The third kappa shape index (κ3) is 3.32. The maximum Gasteiger partial charge on any atom is 0.223 e. The molecule has 2 aliphatic heterocycles. The van der Waals surface area contributed by atoms with Crippen LogP contribution in [0.1, 0.15) is 44.2 Å². The molecular weight excluding hydrogens is 279 g/mol. The zero-order chi connectivity index (χ0) is 15.5. The molecule has 3 nitrogen and oxygen atoms in total. The van der Waals surface area contributed by atoms with Gasteiger partial charge in [0.1, 0.15) is 5.82 Å². The Balaban J connectivity index is 1.72. The first-order valence-corrected chi connectivity index (χ1v) is 8.39. The van der Waals surface area contributed by atoms with Crippen molar-refractivity contribution in [2.24, 2.45) is 11.8 Å². The van der Waals surface area contributed by atoms with Crippen molar-refractivity contribution in [2.45, 2.75) is 38.6 Å². The fourth-order valence-corrected chi connectivity index (χ4v) is 3.81. The Labute approximate surface area is 131 Å². The lowest BCUT2D eigenvalue weighted by atomic mass is 9.93. The number of hydrogen-bond donors (Lipinski definition) is 1. The van der Waals surface area contributed by atoms with Crippen molar-refractivity contribution in [3.05, 3.63) is 35.6 Å². The van der Waals surface area contributed by atoms with Crippen LogP contribution in [0, 0.1) is 17.7 Å². The minimum Gasteiger partial charge on any atom is -0.335 e. The van der Waals surface area contributed by atoms with Crippen molar-refractivity contribution in [2.75, 3.05) is 19.6 Å². The van der Waals surface area contributed by atoms with E-state index < -0.39 is 0 Å². The lowest BCUT2D eigenvalue weighted by Crippen LogP contribution is -2.35. The molecule has 2 fully saturated rings. The van der Waals surface area contributed by atoms with E-state index in [9.17, 15) is 9.18 Å². The fraction of sp³-hybridized carbons (Fsp3) is 0.611. The summed E-state index contributed by atoms with van der Waals surface area (Å²) in [6.07, 6.45) is 3.61. The quantitative estimate of drug-likeness (QED) is 0.930. The Kier molecular flexibility index (Phi) is 4.77. The van der Waals surface area contributed by atoms with Crippen LogP contribution in [0.4, 0.5) is 4.39 Å². The van der Waals surface area contributed by atoms with Crippen molar-refractivity contribution in [1.29, 1.82) is 0 Å². The Hall–Kier alpha value is -1.42. The first kappa shape index (κ1) is 15.5. The molecule has 0 saturated carbocycles. The van der Waals surface area contributed by atoms with E-state index in [1.165, 1.54) is 6.07 Å². The van der Waals surface area contributed by atoms with E-state index in [1.54, 1.807) is 6.07 Å². The average molecular weight is 304 g/mol. The molecule has 1 aromatic carbocycles. The summed E-state index contributed by atoms with van der Waals surface area (Å²) in [6.45, 7) is 4.91. The lowest BCUT2D eigenvalue weighted by Gasteiger charge is -2.29. The molecule has 22 heavy (non-hydrogen) atoms. The highest BCUT2D eigenvalue weighted by Gasteiger charge is 2.36. The summed E-state index contributed by atoms with van der Waals surface area (Å²) in [5.74, 6) is 0.915. The van der Waals surface area contributed by atoms with Gasteiger partial charge in [-0.1, -0.05) is 25.1 Å². The van der Waals surface area contributed by atoms with Gasteiger partial charge in [-0.15, -0.1) is 0 Å². The highest BCUT2D eigenvalue weighted by Crippen LogP contribution is 2.37. The average Bonchev–Trinajstić information content (AvgIpc) is 2.90. The van der Waals surface area contributed by atoms with Crippen LogP contribution in [0.2, 0.25) is 0 Å². The number of carbonyl (C=O) groups excluding carboxylic acids is 1. The van der Waals surface area contributed by atoms with Gasteiger partial charge >= 0.3 is 0 Å². The summed E-state index contributed by atoms with van der Waals surface area (Å²) >= 11 is 0. The van der Waals surface area contributed by atoms with Crippen LogP contribution in [0.3, 0.4) is 0 Å². The number of halogens is 1. The molecule has 0 aliphatic carbocycles. The number of rotatable bonds is 3. The predicted molar refractivity (Wildman–Crippen MR) is 84.8 cm³/mol. The van der Waals surface area contributed by atoms with Crippen LogP contribution in [0.5, 0.6) is 0 Å². The van der Waals surface area contributed by atoms with Crippen LogP contribution in [0.25, 0.3) is 0 Å². The second kappa shape index (κ2) is 6.78. The summed E-state index contributed by atoms with van der Waals surface area (Å²) in [5, 5.41) is 3.33. The number of nitrogens with zero attached hydrogens (tertiary/aromatic N) is 1. The number of nitrogens with one attached hydrogen (secondary N) is 1. The van der Waals surface area contributed by atoms with E-state index in [-0.39, 0.29) is 17.8 Å². The number of likely N-dealkylation sites (tertiary alicyclic amines) is 1. The molecule has 3 rings (SSSR count). The van der Waals surface area contributed by atoms with Gasteiger partial charge in [0, 0.05) is 18.5 Å². The van der Waals surface area contributed by atoms with Crippen molar-refractivity contribution >= 4 is 5.91 Å². The van der Waals surface area contributed by atoms with Crippen molar-refractivity contribution in [1.82, 2.24) is 10.2 Å². The Morgan fingerprint density at radius 2 is 2.05 bits per heavy atom. The van der Waals surface area contributed by atoms with Crippen molar-refractivity contribution < 1.29 is 9.18 Å². The fourth-order valence-electron chi connectivity index (χ4n) is 3.81. The maximum absolute atomic E-state index is 14.1. The standard InChI is InChI=1S/C18H25FN2O/c1-13-10-17(15-4-2-3-5-16(15)19)21(12-13)18(22)11-14-6-8-20-9-7-14/h2-5,13-14,17,20H,6-12H2,1H3/t13-,17+/m0/s1. The summed E-state index contributed by atoms with van der Waals surface area (Å²) < 4.78 is 14.1. The Morgan fingerprint density at radius 3 is 2.77 bits per heavy atom. The monoisotopic (exact) mass is 304 g/mol. The normalized spacial score (nSPS) is 26.4. The molecule has 1 N–H and O–H groups in total. The minimum atomic E-state index is -0.193. The first-order valence-electron chi connectivity index (χ1n) is 8.39. The van der Waals surface area contributed by atoms with Gasteiger partial charge in [-0.25, -0.2) is 4.39 Å². The number of benzene rings is 1. The van der Waals surface area contributed by atoms with Gasteiger partial charge in [-0.2, -0.15) is 0 Å². The maximum atomic E-state index is 14.1. The van der Waals surface area contributed by atoms with E-state index in [1.807, 2.05) is 17.0 Å². The van der Waals surface area contributed by atoms with Gasteiger partial charge < -0.3 is 10.2 Å². The number of hydrogen-bond acceptors (Lipinski definition) is 2. The largest absolute Gasteiger partial charge is 0.335 e. The number of piperidine rings is 1. The first-order chi connectivity index (χ1) is 10.6. The van der Waals surface area contributed by atoms with Crippen LogP contribution < -0.4 is 5.32 Å². The van der Waals surface area contributed by atoms with Crippen LogP contribution >= 0.6 is 0 Å². The molecule has 0 unspecified atom stereocenters. The molecule has 0 aromatic heterocycles. The molecule has 1 amide bonds. The van der Waals surface area contributed by atoms with Gasteiger partial charge in [-0.05, 0) is 50.3 Å². The van der Waals surface area contributed by atoms with E-state index in [2.05, 4.69) is 12.2 Å². The van der Waals surface area contributed by atoms with Gasteiger partial charge in [-0.3, -0.25) is 4.79 Å². The third-order valence-corrected chi connectivity index (χ3v) is 5.02. The minimum absolute atomic E-state index is 0.0922. The van der Waals surface area contributed by atoms with E-state index in [0.717, 1.165) is 38.9 Å². The van der Waals surface area contributed by atoms with E-state index in [0.29, 0.717) is 23.8 Å². The van der Waals surface area contributed by atoms with Crippen LogP contribution in [0.15, 0.2) is 24.3 Å². The molecule has 120 valence electrons. The second-order valence-electron chi connectivity index (χ2n) is 6.82. The Bertz CT molecular complexity index is 528. The van der Waals surface area contributed by atoms with Gasteiger partial charge in [0.05, 0.1) is 6.04 Å². The zero-order valence-electron chi connectivity index (χ0n) is 13.2. The molecule has 1 aromatic rings. The highest BCUT2D eigenvalue weighted by molar-refractivity contribution is 5.77. The highest BCUT2D eigenvalue weighted by atomic mass is 19.1.